The van der Waals surface area contributed by atoms with Crippen LogP contribution in [0.2, 0.25) is 5.02 Å². The van der Waals surface area contributed by atoms with Gasteiger partial charge in [0.25, 0.3) is 0 Å². The molecule has 4 rings (SSSR count). The van der Waals surface area contributed by atoms with Crippen LogP contribution in [0.25, 0.3) is 32.7 Å². The molecule has 0 N–H and O–H groups in total. The molecule has 19 heavy (non-hydrogen) atoms. The van der Waals surface area contributed by atoms with Gasteiger partial charge in [-0.15, -0.1) is 0 Å². The maximum Gasteiger partial charge on any atom is 0.143 e. The van der Waals surface area contributed by atoms with Crippen molar-refractivity contribution in [3.8, 4) is 0 Å². The largest absolute Gasteiger partial charge is 0.455 e. The minimum atomic E-state index is 0.669. The van der Waals surface area contributed by atoms with Crippen molar-refractivity contribution in [3.05, 3.63) is 58.0 Å². The molecule has 1 heterocycles. The average molecular weight is 332 g/mol. The number of furan rings is 1. The van der Waals surface area contributed by atoms with E-state index in [0.717, 1.165) is 31.8 Å². The summed E-state index contributed by atoms with van der Waals surface area (Å²) >= 11 is 9.65. The molecular weight excluding hydrogens is 324 g/mol. The molecule has 1 nitrogen and oxygen atoms in total. The first-order valence-electron chi connectivity index (χ1n) is 5.93. The minimum Gasteiger partial charge on any atom is -0.455 e. The van der Waals surface area contributed by atoms with Crippen molar-refractivity contribution in [1.29, 1.82) is 0 Å². The van der Waals surface area contributed by atoms with Crippen molar-refractivity contribution < 1.29 is 4.42 Å². The highest BCUT2D eigenvalue weighted by molar-refractivity contribution is 9.10. The molecule has 0 aliphatic carbocycles. The van der Waals surface area contributed by atoms with E-state index in [1.165, 1.54) is 5.39 Å². The third-order valence-corrected chi connectivity index (χ3v) is 4.22. The lowest BCUT2D eigenvalue weighted by atomic mass is 10.1. The van der Waals surface area contributed by atoms with Crippen molar-refractivity contribution in [1.82, 2.24) is 0 Å². The Kier molecular flexibility index (Phi) is 2.38. The molecule has 0 saturated heterocycles. The summed E-state index contributed by atoms with van der Waals surface area (Å²) in [7, 11) is 0. The van der Waals surface area contributed by atoms with E-state index in [4.69, 9.17) is 16.0 Å². The Morgan fingerprint density at radius 3 is 2.68 bits per heavy atom. The van der Waals surface area contributed by atoms with Crippen LogP contribution in [0, 0.1) is 0 Å². The molecule has 1 aromatic heterocycles. The highest BCUT2D eigenvalue weighted by Crippen LogP contribution is 2.39. The van der Waals surface area contributed by atoms with Gasteiger partial charge in [0.05, 0.1) is 0 Å². The molecule has 0 radical (unpaired) electrons. The van der Waals surface area contributed by atoms with Crippen molar-refractivity contribution in [3.63, 3.8) is 0 Å². The Labute approximate surface area is 122 Å². The van der Waals surface area contributed by atoms with Gasteiger partial charge in [0, 0.05) is 31.7 Å². The molecule has 0 aliphatic rings. The number of fused-ring (bicyclic) bond motifs is 5. The Morgan fingerprint density at radius 1 is 0.947 bits per heavy atom. The molecule has 0 atom stereocenters. The fourth-order valence-electron chi connectivity index (χ4n) is 2.55. The fraction of sp³-hybridized carbons (Fsp3) is 0. The summed E-state index contributed by atoms with van der Waals surface area (Å²) in [5, 5.41) is 5.15. The monoisotopic (exact) mass is 330 g/mol. The van der Waals surface area contributed by atoms with Crippen LogP contribution in [-0.2, 0) is 0 Å². The van der Waals surface area contributed by atoms with Gasteiger partial charge in [-0.2, -0.15) is 0 Å². The highest BCUT2D eigenvalue weighted by Gasteiger charge is 2.13. The summed E-state index contributed by atoms with van der Waals surface area (Å²) < 4.78 is 6.97. The van der Waals surface area contributed by atoms with Gasteiger partial charge in [0.2, 0.25) is 0 Å². The predicted molar refractivity (Wildman–Crippen MR) is 83.9 cm³/mol. The van der Waals surface area contributed by atoms with Gasteiger partial charge in [-0.3, -0.25) is 0 Å². The SMILES string of the molecule is Clc1cc(Br)c2c(c1)oc1c3ccccc3ccc12. The Balaban J connectivity index is 2.31. The summed E-state index contributed by atoms with van der Waals surface area (Å²) in [5.41, 5.74) is 1.72. The summed E-state index contributed by atoms with van der Waals surface area (Å²) in [6.45, 7) is 0. The number of hydrogen-bond acceptors (Lipinski definition) is 1. The van der Waals surface area contributed by atoms with Crippen molar-refractivity contribution in [2.24, 2.45) is 0 Å². The van der Waals surface area contributed by atoms with Crippen LogP contribution in [0.4, 0.5) is 0 Å². The van der Waals surface area contributed by atoms with E-state index in [2.05, 4.69) is 40.2 Å². The second kappa shape index (κ2) is 3.99. The van der Waals surface area contributed by atoms with E-state index in [9.17, 15) is 0 Å². The standard InChI is InChI=1S/C16H8BrClO/c17-13-7-10(18)8-14-15(13)12-6-5-9-3-1-2-4-11(9)16(12)19-14/h1-8H. The predicted octanol–water partition coefficient (Wildman–Crippen LogP) is 6.16. The van der Waals surface area contributed by atoms with Crippen molar-refractivity contribution >= 4 is 60.2 Å². The van der Waals surface area contributed by atoms with Crippen LogP contribution in [0.1, 0.15) is 0 Å². The summed E-state index contributed by atoms with van der Waals surface area (Å²) in [6.07, 6.45) is 0. The van der Waals surface area contributed by atoms with Gasteiger partial charge < -0.3 is 4.42 Å². The van der Waals surface area contributed by atoms with E-state index in [1.54, 1.807) is 0 Å². The van der Waals surface area contributed by atoms with E-state index >= 15 is 0 Å². The van der Waals surface area contributed by atoms with Gasteiger partial charge >= 0.3 is 0 Å². The second-order valence-corrected chi connectivity index (χ2v) is 5.82. The Hall–Kier alpha value is -1.51. The van der Waals surface area contributed by atoms with Crippen LogP contribution >= 0.6 is 27.5 Å². The summed E-state index contributed by atoms with van der Waals surface area (Å²) in [5.74, 6) is 0. The van der Waals surface area contributed by atoms with Crippen molar-refractivity contribution in [2.45, 2.75) is 0 Å². The molecule has 0 bridgehead atoms. The molecule has 0 amide bonds. The molecule has 3 heteroatoms. The van der Waals surface area contributed by atoms with E-state index in [0.29, 0.717) is 5.02 Å². The van der Waals surface area contributed by atoms with Gasteiger partial charge in [-0.1, -0.05) is 41.9 Å². The van der Waals surface area contributed by atoms with Crippen LogP contribution in [0.3, 0.4) is 0 Å². The first-order valence-corrected chi connectivity index (χ1v) is 7.10. The summed E-state index contributed by atoms with van der Waals surface area (Å²) in [6, 6.07) is 16.2. The van der Waals surface area contributed by atoms with E-state index in [1.807, 2.05) is 24.3 Å². The molecular formula is C16H8BrClO. The Morgan fingerprint density at radius 2 is 1.79 bits per heavy atom. The van der Waals surface area contributed by atoms with Gasteiger partial charge in [0.1, 0.15) is 11.2 Å². The zero-order valence-corrected chi connectivity index (χ0v) is 12.1. The van der Waals surface area contributed by atoms with E-state index in [-0.39, 0.29) is 0 Å². The Bertz CT molecular complexity index is 940. The molecule has 4 aromatic rings. The second-order valence-electron chi connectivity index (χ2n) is 4.53. The molecule has 0 saturated carbocycles. The molecule has 0 spiro atoms. The van der Waals surface area contributed by atoms with E-state index < -0.39 is 0 Å². The number of benzene rings is 3. The number of hydrogen-bond donors (Lipinski definition) is 0. The first kappa shape index (κ1) is 11.3. The third kappa shape index (κ3) is 1.60. The zero-order chi connectivity index (χ0) is 13.0. The van der Waals surface area contributed by atoms with Crippen molar-refractivity contribution in [2.75, 3.05) is 0 Å². The normalized spacial score (nSPS) is 11.7. The highest BCUT2D eigenvalue weighted by atomic mass is 79.9. The molecule has 92 valence electrons. The lowest BCUT2D eigenvalue weighted by Gasteiger charge is -1.98. The zero-order valence-electron chi connectivity index (χ0n) is 9.78. The lowest BCUT2D eigenvalue weighted by molar-refractivity contribution is 0.672. The van der Waals surface area contributed by atoms with Gasteiger partial charge in [-0.05, 0) is 33.4 Å². The van der Waals surface area contributed by atoms with Crippen LogP contribution < -0.4 is 0 Å². The minimum absolute atomic E-state index is 0.669. The first-order chi connectivity index (χ1) is 9.24. The maximum absolute atomic E-state index is 6.08. The smallest absolute Gasteiger partial charge is 0.143 e. The van der Waals surface area contributed by atoms with Crippen LogP contribution in [0.15, 0.2) is 57.4 Å². The quantitative estimate of drug-likeness (QED) is 0.376. The number of rotatable bonds is 0. The molecule has 0 fully saturated rings. The van der Waals surface area contributed by atoms with Gasteiger partial charge in [-0.25, -0.2) is 0 Å². The van der Waals surface area contributed by atoms with Crippen LogP contribution in [-0.4, -0.2) is 0 Å². The fourth-order valence-corrected chi connectivity index (χ4v) is 3.55. The lowest BCUT2D eigenvalue weighted by Crippen LogP contribution is -1.73. The van der Waals surface area contributed by atoms with Crippen LogP contribution in [0.5, 0.6) is 0 Å². The maximum atomic E-state index is 6.08. The topological polar surface area (TPSA) is 13.1 Å². The number of halogens is 2. The summed E-state index contributed by atoms with van der Waals surface area (Å²) in [4.78, 5) is 0. The average Bonchev–Trinajstić information content (AvgIpc) is 2.77. The molecule has 0 unspecified atom stereocenters. The molecule has 3 aromatic carbocycles. The van der Waals surface area contributed by atoms with Gasteiger partial charge in [0.15, 0.2) is 0 Å². The molecule has 0 aliphatic heterocycles. The third-order valence-electron chi connectivity index (χ3n) is 3.38.